The SMILES string of the molecule is c1coc(-c2nc(CN3CCO[C@H](Cn4cccn4)C3)cs2)c1. The maximum Gasteiger partial charge on any atom is 0.162 e. The van der Waals surface area contributed by atoms with E-state index in [1.165, 1.54) is 0 Å². The molecule has 120 valence electrons. The molecule has 6 nitrogen and oxygen atoms in total. The third-order valence-electron chi connectivity index (χ3n) is 3.84. The van der Waals surface area contributed by atoms with Gasteiger partial charge in [0, 0.05) is 37.4 Å². The molecule has 1 atom stereocenters. The highest BCUT2D eigenvalue weighted by Gasteiger charge is 2.22. The molecule has 4 heterocycles. The van der Waals surface area contributed by atoms with Crippen molar-refractivity contribution in [2.24, 2.45) is 0 Å². The highest BCUT2D eigenvalue weighted by Crippen LogP contribution is 2.24. The third kappa shape index (κ3) is 3.52. The summed E-state index contributed by atoms with van der Waals surface area (Å²) < 4.78 is 13.2. The summed E-state index contributed by atoms with van der Waals surface area (Å²) in [5.74, 6) is 0.833. The van der Waals surface area contributed by atoms with Gasteiger partial charge in [-0.1, -0.05) is 0 Å². The summed E-state index contributed by atoms with van der Waals surface area (Å²) in [5.41, 5.74) is 1.08. The van der Waals surface area contributed by atoms with Gasteiger partial charge in [0.05, 0.1) is 31.2 Å². The van der Waals surface area contributed by atoms with Crippen molar-refractivity contribution in [1.29, 1.82) is 0 Å². The number of morpholine rings is 1. The van der Waals surface area contributed by atoms with Crippen molar-refractivity contribution in [3.8, 4) is 10.8 Å². The van der Waals surface area contributed by atoms with Crippen molar-refractivity contribution in [3.63, 3.8) is 0 Å². The van der Waals surface area contributed by atoms with Crippen LogP contribution in [0.1, 0.15) is 5.69 Å². The summed E-state index contributed by atoms with van der Waals surface area (Å²) in [4.78, 5) is 7.06. The zero-order chi connectivity index (χ0) is 15.5. The van der Waals surface area contributed by atoms with Crippen LogP contribution in [0.15, 0.2) is 46.7 Å². The van der Waals surface area contributed by atoms with Gasteiger partial charge >= 0.3 is 0 Å². The molecule has 0 bridgehead atoms. The molecule has 3 aromatic heterocycles. The molecule has 3 aromatic rings. The van der Waals surface area contributed by atoms with Crippen molar-refractivity contribution >= 4 is 11.3 Å². The van der Waals surface area contributed by atoms with Crippen molar-refractivity contribution in [2.45, 2.75) is 19.2 Å². The highest BCUT2D eigenvalue weighted by atomic mass is 32.1. The summed E-state index contributed by atoms with van der Waals surface area (Å²) in [6.07, 6.45) is 5.62. The average molecular weight is 330 g/mol. The van der Waals surface area contributed by atoms with Crippen LogP contribution in [0.3, 0.4) is 0 Å². The Bertz CT molecular complexity index is 723. The Kier molecular flexibility index (Phi) is 4.23. The maximum absolute atomic E-state index is 5.85. The lowest BCUT2D eigenvalue weighted by Crippen LogP contribution is -2.43. The fourth-order valence-electron chi connectivity index (χ4n) is 2.77. The van der Waals surface area contributed by atoms with Gasteiger partial charge in [-0.25, -0.2) is 4.98 Å². The summed E-state index contributed by atoms with van der Waals surface area (Å²) in [7, 11) is 0. The van der Waals surface area contributed by atoms with Crippen LogP contribution in [0.5, 0.6) is 0 Å². The Balaban J connectivity index is 1.37. The molecular weight excluding hydrogens is 312 g/mol. The molecule has 1 aliphatic rings. The largest absolute Gasteiger partial charge is 0.462 e. The van der Waals surface area contributed by atoms with Crippen molar-refractivity contribution in [3.05, 3.63) is 47.9 Å². The van der Waals surface area contributed by atoms with Gasteiger partial charge in [-0.05, 0) is 18.2 Å². The molecule has 0 aliphatic carbocycles. The Hall–Kier alpha value is -1.96. The van der Waals surface area contributed by atoms with Crippen LogP contribution < -0.4 is 0 Å². The van der Waals surface area contributed by atoms with Crippen molar-refractivity contribution < 1.29 is 9.15 Å². The minimum atomic E-state index is 0.173. The van der Waals surface area contributed by atoms with Crippen LogP contribution in [0.2, 0.25) is 0 Å². The maximum atomic E-state index is 5.85. The minimum Gasteiger partial charge on any atom is -0.462 e. The topological polar surface area (TPSA) is 56.3 Å². The zero-order valence-corrected chi connectivity index (χ0v) is 13.5. The van der Waals surface area contributed by atoms with Crippen molar-refractivity contribution in [2.75, 3.05) is 19.7 Å². The lowest BCUT2D eigenvalue weighted by molar-refractivity contribution is -0.0405. The second-order valence-corrected chi connectivity index (χ2v) is 6.44. The van der Waals surface area contributed by atoms with E-state index in [4.69, 9.17) is 9.15 Å². The predicted molar refractivity (Wildman–Crippen MR) is 87.1 cm³/mol. The van der Waals surface area contributed by atoms with Gasteiger partial charge in [0.15, 0.2) is 10.8 Å². The van der Waals surface area contributed by atoms with Crippen LogP contribution in [0.25, 0.3) is 10.8 Å². The van der Waals surface area contributed by atoms with Gasteiger partial charge in [0.1, 0.15) is 0 Å². The van der Waals surface area contributed by atoms with Gasteiger partial charge in [0.25, 0.3) is 0 Å². The van der Waals surface area contributed by atoms with E-state index >= 15 is 0 Å². The van der Waals surface area contributed by atoms with E-state index in [1.54, 1.807) is 23.8 Å². The monoisotopic (exact) mass is 330 g/mol. The van der Waals surface area contributed by atoms with E-state index < -0.39 is 0 Å². The summed E-state index contributed by atoms with van der Waals surface area (Å²) in [5, 5.41) is 7.29. The molecule has 0 unspecified atom stereocenters. The van der Waals surface area contributed by atoms with E-state index in [0.717, 1.165) is 49.2 Å². The normalized spacial score (nSPS) is 19.2. The summed E-state index contributed by atoms with van der Waals surface area (Å²) in [6.45, 7) is 4.21. The van der Waals surface area contributed by atoms with E-state index in [0.29, 0.717) is 0 Å². The van der Waals surface area contributed by atoms with E-state index in [9.17, 15) is 0 Å². The molecule has 0 saturated carbocycles. The average Bonchev–Trinajstić information content (AvgIpc) is 3.30. The fourth-order valence-corrected chi connectivity index (χ4v) is 3.55. The Morgan fingerprint density at radius 2 is 2.35 bits per heavy atom. The van der Waals surface area contributed by atoms with Crippen LogP contribution in [0, 0.1) is 0 Å². The van der Waals surface area contributed by atoms with Gasteiger partial charge in [-0.2, -0.15) is 5.10 Å². The number of aromatic nitrogens is 3. The third-order valence-corrected chi connectivity index (χ3v) is 4.75. The van der Waals surface area contributed by atoms with Gasteiger partial charge in [0.2, 0.25) is 0 Å². The minimum absolute atomic E-state index is 0.173. The Morgan fingerprint density at radius 1 is 1.35 bits per heavy atom. The van der Waals surface area contributed by atoms with Crippen LogP contribution in [-0.2, 0) is 17.8 Å². The number of rotatable bonds is 5. The van der Waals surface area contributed by atoms with E-state index in [1.807, 2.05) is 29.1 Å². The molecule has 0 aromatic carbocycles. The number of thiazole rings is 1. The summed E-state index contributed by atoms with van der Waals surface area (Å²) in [6, 6.07) is 5.77. The lowest BCUT2D eigenvalue weighted by atomic mass is 10.2. The summed E-state index contributed by atoms with van der Waals surface area (Å²) >= 11 is 1.62. The van der Waals surface area contributed by atoms with E-state index in [-0.39, 0.29) is 6.10 Å². The quantitative estimate of drug-likeness (QED) is 0.719. The molecule has 7 heteroatoms. The van der Waals surface area contributed by atoms with Gasteiger partial charge in [-0.3, -0.25) is 9.58 Å². The smallest absolute Gasteiger partial charge is 0.162 e. The molecule has 1 saturated heterocycles. The second-order valence-electron chi connectivity index (χ2n) is 5.58. The first-order chi connectivity index (χ1) is 11.4. The molecular formula is C16H18N4O2S. The first kappa shape index (κ1) is 14.6. The van der Waals surface area contributed by atoms with E-state index in [2.05, 4.69) is 20.4 Å². The molecule has 1 fully saturated rings. The van der Waals surface area contributed by atoms with Gasteiger partial charge in [-0.15, -0.1) is 11.3 Å². The molecule has 0 amide bonds. The zero-order valence-electron chi connectivity index (χ0n) is 12.7. The molecule has 4 rings (SSSR count). The molecule has 23 heavy (non-hydrogen) atoms. The number of hydrogen-bond donors (Lipinski definition) is 0. The van der Waals surface area contributed by atoms with Crippen LogP contribution in [0.4, 0.5) is 0 Å². The Labute approximate surface area is 138 Å². The Morgan fingerprint density at radius 3 is 3.17 bits per heavy atom. The first-order valence-electron chi connectivity index (χ1n) is 7.66. The number of ether oxygens (including phenoxy) is 1. The van der Waals surface area contributed by atoms with Crippen LogP contribution >= 0.6 is 11.3 Å². The molecule has 0 spiro atoms. The van der Waals surface area contributed by atoms with Gasteiger partial charge < -0.3 is 9.15 Å². The molecule has 0 N–H and O–H groups in total. The predicted octanol–water partition coefficient (Wildman–Crippen LogP) is 2.50. The number of furan rings is 1. The van der Waals surface area contributed by atoms with Crippen LogP contribution in [-0.4, -0.2) is 45.5 Å². The molecule has 1 aliphatic heterocycles. The first-order valence-corrected chi connectivity index (χ1v) is 8.54. The fraction of sp³-hybridized carbons (Fsp3) is 0.375. The molecule has 0 radical (unpaired) electrons. The standard InChI is InChI=1S/C16H18N4O2S/c1-3-15(22-7-1)16-18-13(12-23-16)9-19-6-8-21-14(10-19)11-20-5-2-4-17-20/h1-5,7,12,14H,6,8-11H2/t14-/m0/s1. The number of nitrogens with zero attached hydrogens (tertiary/aromatic N) is 4. The number of hydrogen-bond acceptors (Lipinski definition) is 6. The second kappa shape index (κ2) is 6.66. The lowest BCUT2D eigenvalue weighted by Gasteiger charge is -2.32. The van der Waals surface area contributed by atoms with Crippen molar-refractivity contribution in [1.82, 2.24) is 19.7 Å². The highest BCUT2D eigenvalue weighted by molar-refractivity contribution is 7.13.